The number of ketones is 2. The molecule has 2 nitrogen and oxygen atoms in total. The summed E-state index contributed by atoms with van der Waals surface area (Å²) in [6, 6.07) is 32.6. The average molecular weight is 433 g/mol. The summed E-state index contributed by atoms with van der Waals surface area (Å²) >= 11 is 11.8. The molecule has 30 heavy (non-hydrogen) atoms. The van der Waals surface area contributed by atoms with Crippen molar-refractivity contribution in [2.24, 2.45) is 0 Å². The molecule has 4 aromatic carbocycles. The zero-order chi connectivity index (χ0) is 21.3. The summed E-state index contributed by atoms with van der Waals surface area (Å²) in [6.07, 6.45) is 0. The van der Waals surface area contributed by atoms with Crippen molar-refractivity contribution < 1.29 is 9.59 Å². The summed E-state index contributed by atoms with van der Waals surface area (Å²) < 4.78 is 0. The standard InChI is InChI=1S/C13H8Cl2O.C13H10O/c14-11-8-4-7-10(12(11)15)13(16)9-5-2-1-3-6-9;14-13(11-7-3-1-4-8-11)12-9-5-2-6-10-12/h1-8H;1-10H. The van der Waals surface area contributed by atoms with E-state index in [1.807, 2.05) is 78.9 Å². The van der Waals surface area contributed by atoms with Crippen LogP contribution in [0.15, 0.2) is 109 Å². The summed E-state index contributed by atoms with van der Waals surface area (Å²) in [4.78, 5) is 23.9. The van der Waals surface area contributed by atoms with E-state index in [1.165, 1.54) is 0 Å². The molecule has 0 heterocycles. The van der Waals surface area contributed by atoms with Gasteiger partial charge in [-0.25, -0.2) is 0 Å². The van der Waals surface area contributed by atoms with Gasteiger partial charge in [-0.1, -0.05) is 120 Å². The first kappa shape index (κ1) is 21.5. The largest absolute Gasteiger partial charge is 0.289 e. The lowest BCUT2D eigenvalue weighted by atomic mass is 10.0. The van der Waals surface area contributed by atoms with Crippen molar-refractivity contribution in [1.82, 2.24) is 0 Å². The maximum atomic E-state index is 12.1. The molecular weight excluding hydrogens is 415 g/mol. The third-order valence-electron chi connectivity index (χ3n) is 4.30. The highest BCUT2D eigenvalue weighted by atomic mass is 35.5. The number of carbonyl (C=O) groups is 2. The Morgan fingerprint density at radius 1 is 0.467 bits per heavy atom. The quantitative estimate of drug-likeness (QED) is 0.321. The zero-order valence-corrected chi connectivity index (χ0v) is 17.5. The van der Waals surface area contributed by atoms with Crippen LogP contribution in [0.25, 0.3) is 0 Å². The second-order valence-corrected chi connectivity index (χ2v) is 7.14. The molecule has 148 valence electrons. The summed E-state index contributed by atoms with van der Waals surface area (Å²) in [6.45, 7) is 0. The molecular formula is C26H18Cl2O2. The zero-order valence-electron chi connectivity index (χ0n) is 16.0. The van der Waals surface area contributed by atoms with Crippen molar-refractivity contribution in [2.45, 2.75) is 0 Å². The minimum Gasteiger partial charge on any atom is -0.289 e. The van der Waals surface area contributed by atoms with Gasteiger partial charge in [0.1, 0.15) is 0 Å². The average Bonchev–Trinajstić information content (AvgIpc) is 2.82. The van der Waals surface area contributed by atoms with Crippen LogP contribution in [0, 0.1) is 0 Å². The molecule has 0 radical (unpaired) electrons. The second kappa shape index (κ2) is 10.5. The number of hydrogen-bond donors (Lipinski definition) is 0. The van der Waals surface area contributed by atoms with Crippen LogP contribution in [0.3, 0.4) is 0 Å². The van der Waals surface area contributed by atoms with Crippen molar-refractivity contribution in [3.05, 3.63) is 141 Å². The third kappa shape index (κ3) is 5.44. The van der Waals surface area contributed by atoms with Crippen LogP contribution < -0.4 is 0 Å². The minimum atomic E-state index is -0.117. The van der Waals surface area contributed by atoms with Gasteiger partial charge < -0.3 is 0 Å². The van der Waals surface area contributed by atoms with E-state index in [0.29, 0.717) is 21.2 Å². The number of hydrogen-bond acceptors (Lipinski definition) is 2. The van der Waals surface area contributed by atoms with E-state index < -0.39 is 0 Å². The van der Waals surface area contributed by atoms with Crippen LogP contribution in [-0.2, 0) is 0 Å². The topological polar surface area (TPSA) is 34.1 Å². The van der Waals surface area contributed by atoms with Gasteiger partial charge in [0, 0.05) is 22.3 Å². The van der Waals surface area contributed by atoms with Crippen LogP contribution >= 0.6 is 23.2 Å². The van der Waals surface area contributed by atoms with E-state index in [4.69, 9.17) is 23.2 Å². The number of carbonyl (C=O) groups excluding carboxylic acids is 2. The van der Waals surface area contributed by atoms with E-state index in [0.717, 1.165) is 11.1 Å². The second-order valence-electron chi connectivity index (χ2n) is 6.36. The Morgan fingerprint density at radius 3 is 1.30 bits per heavy atom. The molecule has 4 aromatic rings. The molecule has 0 unspecified atom stereocenters. The van der Waals surface area contributed by atoms with Crippen molar-refractivity contribution in [3.8, 4) is 0 Å². The van der Waals surface area contributed by atoms with Crippen molar-refractivity contribution in [2.75, 3.05) is 0 Å². The highest BCUT2D eigenvalue weighted by Crippen LogP contribution is 2.27. The fourth-order valence-electron chi connectivity index (χ4n) is 2.77. The molecule has 0 saturated heterocycles. The van der Waals surface area contributed by atoms with Gasteiger partial charge in [0.25, 0.3) is 0 Å². The molecule has 0 aromatic heterocycles. The Hall–Kier alpha value is -3.20. The molecule has 0 aliphatic carbocycles. The van der Waals surface area contributed by atoms with Crippen LogP contribution in [0.5, 0.6) is 0 Å². The molecule has 4 heteroatoms. The van der Waals surface area contributed by atoms with Crippen LogP contribution in [0.2, 0.25) is 10.0 Å². The normalized spacial score (nSPS) is 9.93. The van der Waals surface area contributed by atoms with E-state index in [1.54, 1.807) is 30.3 Å². The van der Waals surface area contributed by atoms with Crippen molar-refractivity contribution >= 4 is 34.8 Å². The maximum absolute atomic E-state index is 12.1. The lowest BCUT2D eigenvalue weighted by molar-refractivity contribution is 0.103. The fraction of sp³-hybridized carbons (Fsp3) is 0. The Bertz CT molecular complexity index is 1080. The van der Waals surface area contributed by atoms with Gasteiger partial charge in [-0.2, -0.15) is 0 Å². The Morgan fingerprint density at radius 2 is 0.867 bits per heavy atom. The first-order valence-corrected chi connectivity index (χ1v) is 10.0. The Kier molecular flexibility index (Phi) is 7.56. The smallest absolute Gasteiger partial charge is 0.194 e. The van der Waals surface area contributed by atoms with Gasteiger partial charge in [0.15, 0.2) is 11.6 Å². The summed E-state index contributed by atoms with van der Waals surface area (Å²) in [5.41, 5.74) is 2.50. The number of halogens is 2. The maximum Gasteiger partial charge on any atom is 0.194 e. The van der Waals surface area contributed by atoms with Gasteiger partial charge in [-0.05, 0) is 12.1 Å². The summed E-state index contributed by atoms with van der Waals surface area (Å²) in [5, 5.41) is 0.696. The van der Waals surface area contributed by atoms with Gasteiger partial charge in [0.2, 0.25) is 0 Å². The molecule has 0 saturated carbocycles. The number of rotatable bonds is 4. The first-order valence-electron chi connectivity index (χ1n) is 9.26. The molecule has 4 rings (SSSR count). The molecule has 0 N–H and O–H groups in total. The van der Waals surface area contributed by atoms with E-state index in [2.05, 4.69) is 0 Å². The number of benzene rings is 4. The third-order valence-corrected chi connectivity index (χ3v) is 5.12. The monoisotopic (exact) mass is 432 g/mol. The van der Waals surface area contributed by atoms with Gasteiger partial charge in [0.05, 0.1) is 10.0 Å². The SMILES string of the molecule is O=C(c1ccccc1)c1cccc(Cl)c1Cl.O=C(c1ccccc1)c1ccccc1. The fourth-order valence-corrected chi connectivity index (χ4v) is 3.16. The van der Waals surface area contributed by atoms with Crippen LogP contribution in [0.4, 0.5) is 0 Å². The molecule has 0 bridgehead atoms. The van der Waals surface area contributed by atoms with Crippen molar-refractivity contribution in [1.29, 1.82) is 0 Å². The van der Waals surface area contributed by atoms with Gasteiger partial charge in [-0.15, -0.1) is 0 Å². The molecule has 0 atom stereocenters. The molecule has 0 amide bonds. The first-order chi connectivity index (χ1) is 14.6. The predicted molar refractivity (Wildman–Crippen MR) is 123 cm³/mol. The van der Waals surface area contributed by atoms with E-state index >= 15 is 0 Å². The Labute approximate surface area is 185 Å². The molecule has 0 spiro atoms. The molecule has 0 aliphatic heterocycles. The van der Waals surface area contributed by atoms with Crippen LogP contribution in [-0.4, -0.2) is 11.6 Å². The van der Waals surface area contributed by atoms with Crippen molar-refractivity contribution in [3.63, 3.8) is 0 Å². The van der Waals surface area contributed by atoms with Gasteiger partial charge >= 0.3 is 0 Å². The van der Waals surface area contributed by atoms with E-state index in [-0.39, 0.29) is 11.6 Å². The van der Waals surface area contributed by atoms with E-state index in [9.17, 15) is 9.59 Å². The lowest BCUT2D eigenvalue weighted by Gasteiger charge is -2.04. The molecule has 0 fully saturated rings. The highest BCUT2D eigenvalue weighted by Gasteiger charge is 2.13. The summed E-state index contributed by atoms with van der Waals surface area (Å²) in [7, 11) is 0. The predicted octanol–water partition coefficient (Wildman–Crippen LogP) is 7.14. The van der Waals surface area contributed by atoms with Gasteiger partial charge in [-0.3, -0.25) is 9.59 Å². The molecule has 0 aliphatic rings. The Balaban J connectivity index is 0.000000172. The highest BCUT2D eigenvalue weighted by molar-refractivity contribution is 6.44. The summed E-state index contributed by atoms with van der Waals surface area (Å²) in [5.74, 6) is -0.0423. The lowest BCUT2D eigenvalue weighted by Crippen LogP contribution is -2.01. The van der Waals surface area contributed by atoms with Crippen LogP contribution in [0.1, 0.15) is 31.8 Å². The minimum absolute atomic E-state index is 0.0752.